The smallest absolute Gasteiger partial charge is 0.331 e. The summed E-state index contributed by atoms with van der Waals surface area (Å²) in [7, 11) is 0. The van der Waals surface area contributed by atoms with E-state index < -0.39 is 11.9 Å². The number of rotatable bonds is 9. The van der Waals surface area contributed by atoms with Crippen molar-refractivity contribution >= 4 is 40.9 Å². The quantitative estimate of drug-likeness (QED) is 0.409. The number of carbonyl (C=O) groups excluding carboxylic acids is 2. The van der Waals surface area contributed by atoms with Crippen LogP contribution in [0.4, 0.5) is 11.4 Å². The van der Waals surface area contributed by atoms with Gasteiger partial charge in [0.25, 0.3) is 0 Å². The summed E-state index contributed by atoms with van der Waals surface area (Å²) < 4.78 is 5.38. The first kappa shape index (κ1) is 23.0. The van der Waals surface area contributed by atoms with Gasteiger partial charge in [0.2, 0.25) is 11.8 Å². The third kappa shape index (κ3) is 7.29. The molecule has 0 radical (unpaired) electrons. The maximum atomic E-state index is 12.4. The average molecular weight is 429 g/mol. The zero-order valence-electron chi connectivity index (χ0n) is 17.0. The number of ether oxygens (including phenoxy) is 1. The molecule has 2 aromatic rings. The second kappa shape index (κ2) is 11.1. The predicted molar refractivity (Wildman–Crippen MR) is 118 cm³/mol. The molecule has 0 saturated heterocycles. The number of benzene rings is 2. The van der Waals surface area contributed by atoms with Gasteiger partial charge in [-0.2, -0.15) is 0 Å². The topological polar surface area (TPSA) is 105 Å². The Kier molecular flexibility index (Phi) is 8.49. The number of hydrogen-bond acceptors (Lipinski definition) is 5. The Morgan fingerprint density at radius 2 is 1.60 bits per heavy atom. The highest BCUT2D eigenvalue weighted by Gasteiger charge is 2.15. The van der Waals surface area contributed by atoms with Crippen LogP contribution >= 0.6 is 11.8 Å². The molecule has 2 rings (SSSR count). The van der Waals surface area contributed by atoms with Crippen LogP contribution in [0.15, 0.2) is 65.1 Å². The van der Waals surface area contributed by atoms with Crippen LogP contribution < -0.4 is 15.4 Å². The third-order valence-electron chi connectivity index (χ3n) is 3.92. The van der Waals surface area contributed by atoms with Crippen LogP contribution in [0.3, 0.4) is 0 Å². The van der Waals surface area contributed by atoms with E-state index in [0.29, 0.717) is 18.0 Å². The van der Waals surface area contributed by atoms with Gasteiger partial charge < -0.3 is 20.5 Å². The molecular formula is C22H24N2O5S. The predicted octanol–water partition coefficient (Wildman–Crippen LogP) is 4.17. The lowest BCUT2D eigenvalue weighted by Crippen LogP contribution is -2.22. The zero-order chi connectivity index (χ0) is 22.1. The van der Waals surface area contributed by atoms with Gasteiger partial charge in [-0.25, -0.2) is 4.79 Å². The summed E-state index contributed by atoms with van der Waals surface area (Å²) >= 11 is 1.39. The van der Waals surface area contributed by atoms with Crippen molar-refractivity contribution in [1.82, 2.24) is 0 Å². The fraction of sp³-hybridized carbons (Fsp3) is 0.227. The van der Waals surface area contributed by atoms with Gasteiger partial charge in [-0.05, 0) is 69.3 Å². The molecule has 0 saturated carbocycles. The largest absolute Gasteiger partial charge is 0.494 e. The fourth-order valence-electron chi connectivity index (χ4n) is 2.36. The summed E-state index contributed by atoms with van der Waals surface area (Å²) in [5.74, 6) is -1.04. The zero-order valence-corrected chi connectivity index (χ0v) is 17.8. The van der Waals surface area contributed by atoms with Gasteiger partial charge in [-0.1, -0.05) is 0 Å². The molecule has 8 heteroatoms. The van der Waals surface area contributed by atoms with Gasteiger partial charge in [-0.3, -0.25) is 9.59 Å². The SMILES string of the molecule is CCOc1ccc(NC(=O)[C@@H](C)Sc2ccc(NC(=O)/C=C(/C)C(=O)O)cc2)cc1. The molecule has 0 aliphatic rings. The van der Waals surface area contributed by atoms with Gasteiger partial charge in [0, 0.05) is 27.9 Å². The highest BCUT2D eigenvalue weighted by atomic mass is 32.2. The highest BCUT2D eigenvalue weighted by molar-refractivity contribution is 8.00. The van der Waals surface area contributed by atoms with Crippen molar-refractivity contribution in [2.45, 2.75) is 30.9 Å². The maximum absolute atomic E-state index is 12.4. The van der Waals surface area contributed by atoms with Crippen molar-refractivity contribution in [2.24, 2.45) is 0 Å². The van der Waals surface area contributed by atoms with Gasteiger partial charge in [0.15, 0.2) is 0 Å². The number of carbonyl (C=O) groups is 3. The Balaban J connectivity index is 1.89. The Labute approximate surface area is 179 Å². The van der Waals surface area contributed by atoms with Crippen molar-refractivity contribution in [3.8, 4) is 5.75 Å². The fourth-order valence-corrected chi connectivity index (χ4v) is 3.22. The van der Waals surface area contributed by atoms with Crippen LogP contribution in [-0.2, 0) is 14.4 Å². The van der Waals surface area contributed by atoms with Crippen molar-refractivity contribution in [2.75, 3.05) is 17.2 Å². The Morgan fingerprint density at radius 3 is 2.17 bits per heavy atom. The summed E-state index contributed by atoms with van der Waals surface area (Å²) in [5, 5.41) is 13.9. The Hall–Kier alpha value is -3.26. The van der Waals surface area contributed by atoms with Gasteiger partial charge in [0.1, 0.15) is 5.75 Å². The molecule has 158 valence electrons. The number of nitrogens with one attached hydrogen (secondary N) is 2. The van der Waals surface area contributed by atoms with E-state index in [-0.39, 0.29) is 16.7 Å². The average Bonchev–Trinajstić information content (AvgIpc) is 2.71. The van der Waals surface area contributed by atoms with E-state index in [2.05, 4.69) is 10.6 Å². The lowest BCUT2D eigenvalue weighted by molar-refractivity contribution is -0.132. The van der Waals surface area contributed by atoms with Crippen LogP contribution in [0.1, 0.15) is 20.8 Å². The molecule has 3 N–H and O–H groups in total. The minimum absolute atomic E-state index is 0.0490. The Morgan fingerprint density at radius 1 is 1.03 bits per heavy atom. The number of carboxylic acid groups (broad SMARTS) is 1. The van der Waals surface area contributed by atoms with E-state index in [1.165, 1.54) is 18.7 Å². The number of aliphatic carboxylic acids is 1. The van der Waals surface area contributed by atoms with Gasteiger partial charge >= 0.3 is 5.97 Å². The molecule has 1 atom stereocenters. The van der Waals surface area contributed by atoms with Crippen LogP contribution in [0.2, 0.25) is 0 Å². The summed E-state index contributed by atoms with van der Waals surface area (Å²) in [6.45, 7) is 5.65. The van der Waals surface area contributed by atoms with E-state index in [1.807, 2.05) is 13.8 Å². The van der Waals surface area contributed by atoms with Crippen LogP contribution in [0, 0.1) is 0 Å². The van der Waals surface area contributed by atoms with E-state index in [0.717, 1.165) is 16.7 Å². The third-order valence-corrected chi connectivity index (χ3v) is 5.03. The molecule has 0 heterocycles. The molecule has 0 aromatic heterocycles. The lowest BCUT2D eigenvalue weighted by Gasteiger charge is -2.13. The minimum atomic E-state index is -1.14. The molecule has 7 nitrogen and oxygen atoms in total. The summed E-state index contributed by atoms with van der Waals surface area (Å²) in [4.78, 5) is 35.8. The van der Waals surface area contributed by atoms with Crippen molar-refractivity contribution in [3.05, 3.63) is 60.2 Å². The number of hydrogen-bond donors (Lipinski definition) is 3. The number of amides is 2. The summed E-state index contributed by atoms with van der Waals surface area (Å²) in [6, 6.07) is 14.1. The second-order valence-electron chi connectivity index (χ2n) is 6.35. The first-order valence-electron chi connectivity index (χ1n) is 9.31. The monoisotopic (exact) mass is 428 g/mol. The first-order chi connectivity index (χ1) is 14.3. The molecule has 2 aromatic carbocycles. The van der Waals surface area contributed by atoms with E-state index >= 15 is 0 Å². The normalized spacial score (nSPS) is 12.0. The molecule has 2 amide bonds. The van der Waals surface area contributed by atoms with Crippen LogP contribution in [0.5, 0.6) is 5.75 Å². The summed E-state index contributed by atoms with van der Waals surface area (Å²) in [6.07, 6.45) is 1.03. The van der Waals surface area contributed by atoms with Gasteiger partial charge in [0.05, 0.1) is 11.9 Å². The van der Waals surface area contributed by atoms with Crippen molar-refractivity contribution in [3.63, 3.8) is 0 Å². The van der Waals surface area contributed by atoms with Crippen LogP contribution in [-0.4, -0.2) is 34.7 Å². The lowest BCUT2D eigenvalue weighted by atomic mass is 10.2. The number of anilines is 2. The Bertz CT molecular complexity index is 924. The molecule has 0 aliphatic heterocycles. The van der Waals surface area contributed by atoms with Crippen LogP contribution in [0.25, 0.3) is 0 Å². The molecular weight excluding hydrogens is 404 g/mol. The molecule has 0 spiro atoms. The van der Waals surface area contributed by atoms with E-state index in [4.69, 9.17) is 9.84 Å². The molecule has 0 bridgehead atoms. The molecule has 30 heavy (non-hydrogen) atoms. The number of thioether (sulfide) groups is 1. The minimum Gasteiger partial charge on any atom is -0.494 e. The maximum Gasteiger partial charge on any atom is 0.331 e. The van der Waals surface area contributed by atoms with Gasteiger partial charge in [-0.15, -0.1) is 11.8 Å². The van der Waals surface area contributed by atoms with E-state index in [9.17, 15) is 14.4 Å². The number of carboxylic acids is 1. The summed E-state index contributed by atoms with van der Waals surface area (Å²) in [5.41, 5.74) is 1.18. The molecule has 0 aliphatic carbocycles. The second-order valence-corrected chi connectivity index (χ2v) is 7.77. The van der Waals surface area contributed by atoms with E-state index in [1.54, 1.807) is 48.5 Å². The van der Waals surface area contributed by atoms with Crippen molar-refractivity contribution < 1.29 is 24.2 Å². The highest BCUT2D eigenvalue weighted by Crippen LogP contribution is 2.26. The van der Waals surface area contributed by atoms with Crippen molar-refractivity contribution in [1.29, 1.82) is 0 Å². The standard InChI is InChI=1S/C22H24N2O5S/c1-4-29-18-9-5-17(6-10-18)24-21(26)15(3)30-19-11-7-16(8-12-19)23-20(25)13-14(2)22(27)28/h5-13,15H,4H2,1-3H3,(H,23,25)(H,24,26)(H,27,28)/b14-13-/t15-/m1/s1. The molecule has 0 unspecified atom stereocenters. The first-order valence-corrected chi connectivity index (χ1v) is 10.2. The molecule has 0 fully saturated rings.